The van der Waals surface area contributed by atoms with Gasteiger partial charge in [0.15, 0.2) is 16.6 Å². The lowest BCUT2D eigenvalue weighted by Gasteiger charge is -2.47. The van der Waals surface area contributed by atoms with Gasteiger partial charge in [0.2, 0.25) is 0 Å². The van der Waals surface area contributed by atoms with E-state index in [1.54, 1.807) is 14.2 Å². The minimum Gasteiger partial charge on any atom is -0.493 e. The van der Waals surface area contributed by atoms with Gasteiger partial charge >= 0.3 is 0 Å². The van der Waals surface area contributed by atoms with Gasteiger partial charge in [0.05, 0.1) is 14.2 Å². The first-order valence-corrected chi connectivity index (χ1v) is 11.1. The highest BCUT2D eigenvalue weighted by Crippen LogP contribution is 2.30. The lowest BCUT2D eigenvalue weighted by atomic mass is 9.80. The Morgan fingerprint density at radius 3 is 2.20 bits per heavy atom. The van der Waals surface area contributed by atoms with Crippen molar-refractivity contribution in [3.05, 3.63) is 23.8 Å². The van der Waals surface area contributed by atoms with Gasteiger partial charge in [-0.25, -0.2) is 0 Å². The van der Waals surface area contributed by atoms with Gasteiger partial charge in [0.1, 0.15) is 0 Å². The van der Waals surface area contributed by atoms with Gasteiger partial charge in [0.25, 0.3) is 0 Å². The van der Waals surface area contributed by atoms with Crippen molar-refractivity contribution in [3.8, 4) is 11.5 Å². The predicted octanol–water partition coefficient (Wildman–Crippen LogP) is 3.25. The summed E-state index contributed by atoms with van der Waals surface area (Å²) < 4.78 is 10.9. The zero-order chi connectivity index (χ0) is 22.5. The molecule has 7 heteroatoms. The van der Waals surface area contributed by atoms with Crippen molar-refractivity contribution in [2.45, 2.75) is 64.2 Å². The summed E-state index contributed by atoms with van der Waals surface area (Å²) in [6.07, 6.45) is 2.07. The van der Waals surface area contributed by atoms with Crippen molar-refractivity contribution in [1.82, 2.24) is 20.4 Å². The summed E-state index contributed by atoms with van der Waals surface area (Å²) >= 11 is 5.89. The summed E-state index contributed by atoms with van der Waals surface area (Å²) in [5.41, 5.74) is 1.29. The highest BCUT2D eigenvalue weighted by atomic mass is 32.1. The molecule has 0 amide bonds. The van der Waals surface area contributed by atoms with E-state index in [2.05, 4.69) is 68.3 Å². The van der Waals surface area contributed by atoms with Crippen molar-refractivity contribution >= 4 is 17.3 Å². The van der Waals surface area contributed by atoms with Crippen LogP contribution < -0.4 is 20.1 Å². The molecule has 170 valence electrons. The Bertz CT molecular complexity index is 705. The summed E-state index contributed by atoms with van der Waals surface area (Å²) in [6, 6.07) is 6.40. The molecule has 0 aromatic heterocycles. The van der Waals surface area contributed by atoms with Crippen molar-refractivity contribution in [2.75, 3.05) is 41.4 Å². The summed E-state index contributed by atoms with van der Waals surface area (Å²) in [5.74, 6) is 1.48. The maximum absolute atomic E-state index is 5.89. The smallest absolute Gasteiger partial charge is 0.169 e. The molecule has 1 fully saturated rings. The minimum absolute atomic E-state index is 0.0762. The molecule has 1 aliphatic rings. The maximum Gasteiger partial charge on any atom is 0.169 e. The SMILES string of the molecule is COc1ccc(CN(CCN(C)C)C(=S)NC2CC(C)(C)NC(C)(C)C2)cc1OC. The van der Waals surface area contributed by atoms with E-state index in [-0.39, 0.29) is 11.1 Å². The Balaban J connectivity index is 2.14. The maximum atomic E-state index is 5.89. The number of ether oxygens (including phenoxy) is 2. The van der Waals surface area contributed by atoms with Gasteiger partial charge < -0.3 is 29.9 Å². The summed E-state index contributed by atoms with van der Waals surface area (Å²) in [4.78, 5) is 4.43. The molecular formula is C23H40N4O2S. The number of methoxy groups -OCH3 is 2. The molecule has 2 N–H and O–H groups in total. The molecular weight excluding hydrogens is 396 g/mol. The number of hydrogen-bond donors (Lipinski definition) is 2. The van der Waals surface area contributed by atoms with Crippen molar-refractivity contribution in [1.29, 1.82) is 0 Å². The van der Waals surface area contributed by atoms with Crippen LogP contribution in [-0.4, -0.2) is 73.4 Å². The Hall–Kier alpha value is -1.57. The van der Waals surface area contributed by atoms with E-state index in [0.717, 1.165) is 54.7 Å². The predicted molar refractivity (Wildman–Crippen MR) is 129 cm³/mol. The standard InChI is InChI=1S/C23H40N4O2S/c1-22(2)14-18(15-23(3,4)25-22)24-21(30)27(12-11-26(5)6)16-17-9-10-19(28-7)20(13-17)29-8/h9-10,13,18,25H,11-12,14-16H2,1-8H3,(H,24,30). The molecule has 6 nitrogen and oxygen atoms in total. The second kappa shape index (κ2) is 10.2. The highest BCUT2D eigenvalue weighted by molar-refractivity contribution is 7.80. The molecule has 1 aromatic rings. The molecule has 30 heavy (non-hydrogen) atoms. The molecule has 1 aliphatic heterocycles. The first kappa shape index (κ1) is 24.7. The fourth-order valence-corrected chi connectivity index (χ4v) is 4.79. The van der Waals surface area contributed by atoms with E-state index < -0.39 is 0 Å². The topological polar surface area (TPSA) is 49.0 Å². The average molecular weight is 437 g/mol. The fourth-order valence-electron chi connectivity index (χ4n) is 4.46. The average Bonchev–Trinajstić information content (AvgIpc) is 2.61. The Kier molecular flexibility index (Phi) is 8.36. The van der Waals surface area contributed by atoms with Crippen LogP contribution in [0.5, 0.6) is 11.5 Å². The number of benzene rings is 1. The molecule has 0 saturated carbocycles. The number of hydrogen-bond acceptors (Lipinski definition) is 5. The van der Waals surface area contributed by atoms with Crippen molar-refractivity contribution in [2.24, 2.45) is 0 Å². The van der Waals surface area contributed by atoms with Crippen LogP contribution in [0.4, 0.5) is 0 Å². The van der Waals surface area contributed by atoms with E-state index in [0.29, 0.717) is 6.04 Å². The van der Waals surface area contributed by atoms with Gasteiger partial charge in [-0.1, -0.05) is 6.07 Å². The lowest BCUT2D eigenvalue weighted by molar-refractivity contribution is 0.153. The van der Waals surface area contributed by atoms with Crippen LogP contribution in [0, 0.1) is 0 Å². The van der Waals surface area contributed by atoms with Crippen molar-refractivity contribution < 1.29 is 9.47 Å². The third-order valence-electron chi connectivity index (χ3n) is 5.44. The molecule has 0 aliphatic carbocycles. The zero-order valence-corrected chi connectivity index (χ0v) is 20.8. The first-order chi connectivity index (χ1) is 13.9. The summed E-state index contributed by atoms with van der Waals surface area (Å²) in [7, 11) is 7.49. The van der Waals surface area contributed by atoms with Gasteiger partial charge in [-0.05, 0) is 84.5 Å². The zero-order valence-electron chi connectivity index (χ0n) is 20.0. The van der Waals surface area contributed by atoms with E-state index in [1.807, 2.05) is 12.1 Å². The number of piperidine rings is 1. The van der Waals surface area contributed by atoms with E-state index in [4.69, 9.17) is 21.7 Å². The monoisotopic (exact) mass is 436 g/mol. The molecule has 1 saturated heterocycles. The third-order valence-corrected chi connectivity index (χ3v) is 5.82. The van der Waals surface area contributed by atoms with Gasteiger partial charge in [-0.15, -0.1) is 0 Å². The normalized spacial score (nSPS) is 18.2. The summed E-state index contributed by atoms with van der Waals surface area (Å²) in [5, 5.41) is 8.22. The molecule has 1 heterocycles. The molecule has 2 rings (SSSR count). The number of nitrogens with zero attached hydrogens (tertiary/aromatic N) is 2. The van der Waals surface area contributed by atoms with Crippen LogP contribution >= 0.6 is 12.2 Å². The number of thiocarbonyl (C=S) groups is 1. The molecule has 0 spiro atoms. The van der Waals surface area contributed by atoms with E-state index >= 15 is 0 Å². The van der Waals surface area contributed by atoms with Crippen LogP contribution in [0.25, 0.3) is 0 Å². The Morgan fingerprint density at radius 2 is 1.67 bits per heavy atom. The second-order valence-corrected chi connectivity index (χ2v) is 10.2. The highest BCUT2D eigenvalue weighted by Gasteiger charge is 2.38. The number of rotatable bonds is 8. The number of nitrogens with one attached hydrogen (secondary N) is 2. The molecule has 0 radical (unpaired) electrons. The number of likely N-dealkylation sites (N-methyl/N-ethyl adjacent to an activating group) is 1. The molecule has 0 atom stereocenters. The Labute approximate surface area is 188 Å². The van der Waals surface area contributed by atoms with Gasteiger partial charge in [-0.3, -0.25) is 0 Å². The lowest BCUT2D eigenvalue weighted by Crippen LogP contribution is -2.63. The molecule has 0 unspecified atom stereocenters. The minimum atomic E-state index is 0.0762. The third kappa shape index (κ3) is 7.29. The quantitative estimate of drug-likeness (QED) is 0.607. The first-order valence-electron chi connectivity index (χ1n) is 10.6. The van der Waals surface area contributed by atoms with Crippen LogP contribution in [0.3, 0.4) is 0 Å². The van der Waals surface area contributed by atoms with Crippen LogP contribution in [0.15, 0.2) is 18.2 Å². The van der Waals surface area contributed by atoms with E-state index in [9.17, 15) is 0 Å². The summed E-state index contributed by atoms with van der Waals surface area (Å²) in [6.45, 7) is 11.6. The molecule has 0 bridgehead atoms. The van der Waals surface area contributed by atoms with E-state index in [1.165, 1.54) is 0 Å². The second-order valence-electron chi connectivity index (χ2n) is 9.86. The fraction of sp³-hybridized carbons (Fsp3) is 0.696. The van der Waals surface area contributed by atoms with Gasteiger partial charge in [-0.2, -0.15) is 0 Å². The van der Waals surface area contributed by atoms with Crippen molar-refractivity contribution in [3.63, 3.8) is 0 Å². The van der Waals surface area contributed by atoms with Crippen LogP contribution in [0.1, 0.15) is 46.1 Å². The van der Waals surface area contributed by atoms with Crippen LogP contribution in [0.2, 0.25) is 0 Å². The molecule has 1 aromatic carbocycles. The Morgan fingerprint density at radius 1 is 1.07 bits per heavy atom. The van der Waals surface area contributed by atoms with Crippen LogP contribution in [-0.2, 0) is 6.54 Å². The largest absolute Gasteiger partial charge is 0.493 e. The van der Waals surface area contributed by atoms with Gasteiger partial charge in [0, 0.05) is 36.8 Å².